The highest BCUT2D eigenvalue weighted by Crippen LogP contribution is 2.44. The van der Waals surface area contributed by atoms with Gasteiger partial charge in [-0.05, 0) is 55.5 Å². The van der Waals surface area contributed by atoms with E-state index in [1.54, 1.807) is 29.2 Å². The van der Waals surface area contributed by atoms with Gasteiger partial charge in [-0.3, -0.25) is 9.59 Å². The minimum Gasteiger partial charge on any atom is -0.459 e. The number of likely N-dealkylation sites (tertiary alicyclic amines) is 1. The van der Waals surface area contributed by atoms with Crippen LogP contribution < -0.4 is 5.32 Å². The van der Waals surface area contributed by atoms with Crippen LogP contribution in [0.3, 0.4) is 0 Å². The van der Waals surface area contributed by atoms with Crippen LogP contribution in [-0.4, -0.2) is 35.8 Å². The Morgan fingerprint density at radius 1 is 1.11 bits per heavy atom. The second-order valence-corrected chi connectivity index (χ2v) is 7.46. The van der Waals surface area contributed by atoms with Crippen LogP contribution in [0.5, 0.6) is 0 Å². The van der Waals surface area contributed by atoms with Gasteiger partial charge in [-0.25, -0.2) is 4.39 Å². The number of hydrogen-bond acceptors (Lipinski definition) is 3. The van der Waals surface area contributed by atoms with Gasteiger partial charge in [0.15, 0.2) is 5.76 Å². The van der Waals surface area contributed by atoms with E-state index in [2.05, 4.69) is 5.32 Å². The molecule has 142 valence electrons. The highest BCUT2D eigenvalue weighted by atomic mass is 19.1. The summed E-state index contributed by atoms with van der Waals surface area (Å²) in [7, 11) is 0. The molecule has 0 bridgehead atoms. The van der Waals surface area contributed by atoms with Crippen molar-refractivity contribution in [2.75, 3.05) is 13.1 Å². The highest BCUT2D eigenvalue weighted by molar-refractivity contribution is 5.91. The van der Waals surface area contributed by atoms with E-state index in [1.165, 1.54) is 18.4 Å². The predicted octanol–water partition coefficient (Wildman–Crippen LogP) is 3.26. The minimum absolute atomic E-state index is 0.0242. The number of carbonyl (C=O) groups excluding carboxylic acids is 2. The Bertz CT molecular complexity index is 804. The lowest BCUT2D eigenvalue weighted by Gasteiger charge is -2.42. The molecule has 1 aromatic heterocycles. The number of halogens is 1. The van der Waals surface area contributed by atoms with Gasteiger partial charge in [0, 0.05) is 19.1 Å². The SMILES string of the molecule is O=C(c1ccco1)N1CCC(NC(=O)C2(c3ccc(F)cc3)CCC2)CC1. The van der Waals surface area contributed by atoms with Crippen molar-refractivity contribution in [1.29, 1.82) is 0 Å². The minimum atomic E-state index is -0.533. The zero-order valence-electron chi connectivity index (χ0n) is 15.1. The molecule has 2 heterocycles. The molecule has 0 spiro atoms. The molecule has 5 nitrogen and oxygen atoms in total. The van der Waals surface area contributed by atoms with Gasteiger partial charge in [0.25, 0.3) is 5.91 Å². The summed E-state index contributed by atoms with van der Waals surface area (Å²) < 4.78 is 18.4. The number of rotatable bonds is 4. The van der Waals surface area contributed by atoms with Crippen molar-refractivity contribution >= 4 is 11.8 Å². The summed E-state index contributed by atoms with van der Waals surface area (Å²) in [5, 5.41) is 3.17. The van der Waals surface area contributed by atoms with Gasteiger partial charge in [0.05, 0.1) is 11.7 Å². The van der Waals surface area contributed by atoms with E-state index >= 15 is 0 Å². The number of piperidine rings is 1. The van der Waals surface area contributed by atoms with Crippen molar-refractivity contribution in [2.24, 2.45) is 0 Å². The molecule has 2 amide bonds. The fraction of sp³-hybridized carbons (Fsp3) is 0.429. The van der Waals surface area contributed by atoms with Crippen molar-refractivity contribution in [3.63, 3.8) is 0 Å². The number of nitrogens with zero attached hydrogens (tertiary/aromatic N) is 1. The normalized spacial score (nSPS) is 19.4. The summed E-state index contributed by atoms with van der Waals surface area (Å²) in [6.45, 7) is 1.18. The fourth-order valence-corrected chi connectivity index (χ4v) is 4.05. The first-order valence-corrected chi connectivity index (χ1v) is 9.48. The fourth-order valence-electron chi connectivity index (χ4n) is 4.05. The molecule has 2 aliphatic rings. The summed E-state index contributed by atoms with van der Waals surface area (Å²) in [6, 6.07) is 9.70. The Balaban J connectivity index is 1.36. The van der Waals surface area contributed by atoms with E-state index in [9.17, 15) is 14.0 Å². The van der Waals surface area contributed by atoms with Crippen LogP contribution in [-0.2, 0) is 10.2 Å². The molecule has 2 fully saturated rings. The van der Waals surface area contributed by atoms with Gasteiger partial charge in [-0.2, -0.15) is 0 Å². The van der Waals surface area contributed by atoms with E-state index in [4.69, 9.17) is 4.42 Å². The van der Waals surface area contributed by atoms with Crippen LogP contribution in [0.2, 0.25) is 0 Å². The number of nitrogens with one attached hydrogen (secondary N) is 1. The molecule has 2 aromatic rings. The maximum atomic E-state index is 13.2. The molecule has 1 saturated heterocycles. The maximum Gasteiger partial charge on any atom is 0.289 e. The first-order chi connectivity index (χ1) is 13.1. The predicted molar refractivity (Wildman–Crippen MR) is 97.7 cm³/mol. The third-order valence-electron chi connectivity index (χ3n) is 5.89. The first kappa shape index (κ1) is 17.8. The van der Waals surface area contributed by atoms with E-state index in [-0.39, 0.29) is 23.7 Å². The van der Waals surface area contributed by atoms with E-state index in [1.807, 2.05) is 0 Å². The quantitative estimate of drug-likeness (QED) is 0.899. The lowest BCUT2D eigenvalue weighted by atomic mass is 9.63. The highest BCUT2D eigenvalue weighted by Gasteiger charge is 2.46. The van der Waals surface area contributed by atoms with Gasteiger partial charge in [0.1, 0.15) is 5.82 Å². The van der Waals surface area contributed by atoms with Gasteiger partial charge in [-0.15, -0.1) is 0 Å². The Hall–Kier alpha value is -2.63. The third-order valence-corrected chi connectivity index (χ3v) is 5.89. The molecule has 0 radical (unpaired) electrons. The molecule has 0 unspecified atom stereocenters. The van der Waals surface area contributed by atoms with Crippen LogP contribution >= 0.6 is 0 Å². The molecule has 1 N–H and O–H groups in total. The van der Waals surface area contributed by atoms with Gasteiger partial charge >= 0.3 is 0 Å². The van der Waals surface area contributed by atoms with Crippen molar-refractivity contribution in [1.82, 2.24) is 10.2 Å². The van der Waals surface area contributed by atoms with Gasteiger partial charge in [-0.1, -0.05) is 18.6 Å². The summed E-state index contributed by atoms with van der Waals surface area (Å²) in [6.07, 6.45) is 5.52. The Kier molecular flexibility index (Phi) is 4.72. The summed E-state index contributed by atoms with van der Waals surface area (Å²) in [4.78, 5) is 27.1. The number of amides is 2. The number of furan rings is 1. The number of carbonyl (C=O) groups is 2. The largest absolute Gasteiger partial charge is 0.459 e. The van der Waals surface area contributed by atoms with Crippen molar-refractivity contribution in [3.8, 4) is 0 Å². The summed E-state index contributed by atoms with van der Waals surface area (Å²) in [5.74, 6) is -0.0211. The molecule has 1 aliphatic carbocycles. The molecule has 4 rings (SSSR count). The van der Waals surface area contributed by atoms with E-state index < -0.39 is 5.41 Å². The van der Waals surface area contributed by atoms with Crippen molar-refractivity contribution in [3.05, 3.63) is 59.8 Å². The molecule has 6 heteroatoms. The van der Waals surface area contributed by atoms with Crippen LogP contribution in [0.25, 0.3) is 0 Å². The number of hydrogen-bond donors (Lipinski definition) is 1. The zero-order chi connectivity index (χ0) is 18.9. The van der Waals surface area contributed by atoms with Crippen LogP contribution in [0.1, 0.15) is 48.2 Å². The van der Waals surface area contributed by atoms with E-state index in [0.717, 1.165) is 37.7 Å². The lowest BCUT2D eigenvalue weighted by Crippen LogP contribution is -2.54. The Labute approximate surface area is 157 Å². The molecule has 1 aliphatic heterocycles. The smallest absolute Gasteiger partial charge is 0.289 e. The first-order valence-electron chi connectivity index (χ1n) is 9.48. The van der Waals surface area contributed by atoms with Crippen molar-refractivity contribution in [2.45, 2.75) is 43.6 Å². The Morgan fingerprint density at radius 2 is 1.81 bits per heavy atom. The Morgan fingerprint density at radius 3 is 2.37 bits per heavy atom. The molecule has 0 atom stereocenters. The molecule has 1 aromatic carbocycles. The van der Waals surface area contributed by atoms with Crippen LogP contribution in [0.4, 0.5) is 4.39 Å². The number of benzene rings is 1. The second kappa shape index (κ2) is 7.18. The second-order valence-electron chi connectivity index (χ2n) is 7.46. The van der Waals surface area contributed by atoms with Gasteiger partial charge in [0.2, 0.25) is 5.91 Å². The zero-order valence-corrected chi connectivity index (χ0v) is 15.1. The summed E-state index contributed by atoms with van der Waals surface area (Å²) >= 11 is 0. The van der Waals surface area contributed by atoms with Crippen LogP contribution in [0, 0.1) is 5.82 Å². The molecular formula is C21H23FN2O3. The van der Waals surface area contributed by atoms with Gasteiger partial charge < -0.3 is 14.6 Å². The maximum absolute atomic E-state index is 13.2. The molecule has 1 saturated carbocycles. The average Bonchev–Trinajstić information content (AvgIpc) is 3.17. The monoisotopic (exact) mass is 370 g/mol. The third kappa shape index (κ3) is 3.36. The molecular weight excluding hydrogens is 347 g/mol. The lowest BCUT2D eigenvalue weighted by molar-refractivity contribution is -0.131. The topological polar surface area (TPSA) is 62.6 Å². The van der Waals surface area contributed by atoms with Crippen LogP contribution in [0.15, 0.2) is 47.1 Å². The van der Waals surface area contributed by atoms with Crippen molar-refractivity contribution < 1.29 is 18.4 Å². The average molecular weight is 370 g/mol. The van der Waals surface area contributed by atoms with E-state index in [0.29, 0.717) is 18.8 Å². The standard InChI is InChI=1S/C21H23FN2O3/c22-16-6-4-15(5-7-16)21(10-2-11-21)20(26)23-17-8-12-24(13-9-17)19(25)18-3-1-14-27-18/h1,3-7,14,17H,2,8-13H2,(H,23,26). The molecule has 27 heavy (non-hydrogen) atoms. The summed E-state index contributed by atoms with van der Waals surface area (Å²) in [5.41, 5.74) is 0.354.